The molecule has 0 bridgehead atoms. The van der Waals surface area contributed by atoms with Crippen LogP contribution >= 0.6 is 0 Å². The van der Waals surface area contributed by atoms with Crippen molar-refractivity contribution < 1.29 is 4.74 Å². The predicted molar refractivity (Wildman–Crippen MR) is 86.1 cm³/mol. The molecule has 0 spiro atoms. The number of rotatable bonds is 6. The SMILES string of the molecule is BCCc1cc(OC[C@H]2C[C@@H]2c2ccn(C)n2)nn(C)c1=O. The third-order valence-corrected chi connectivity index (χ3v) is 4.12. The van der Waals surface area contributed by atoms with Gasteiger partial charge in [-0.3, -0.25) is 9.48 Å². The third kappa shape index (κ3) is 3.08. The van der Waals surface area contributed by atoms with Gasteiger partial charge in [0.1, 0.15) is 7.85 Å². The molecule has 2 atom stereocenters. The molecular weight excluding hydrogens is 279 g/mol. The fourth-order valence-corrected chi connectivity index (χ4v) is 2.78. The Hall–Kier alpha value is -2.05. The second-order valence-electron chi connectivity index (χ2n) is 6.01. The molecule has 0 saturated heterocycles. The van der Waals surface area contributed by atoms with E-state index in [1.807, 2.05) is 17.9 Å². The fraction of sp³-hybridized carbons (Fsp3) is 0.533. The van der Waals surface area contributed by atoms with E-state index < -0.39 is 0 Å². The van der Waals surface area contributed by atoms with Gasteiger partial charge in [0.25, 0.3) is 5.56 Å². The summed E-state index contributed by atoms with van der Waals surface area (Å²) in [4.78, 5) is 11.9. The van der Waals surface area contributed by atoms with E-state index in [1.165, 1.54) is 4.68 Å². The van der Waals surface area contributed by atoms with Crippen LogP contribution in [0.4, 0.5) is 0 Å². The molecule has 1 aliphatic rings. The molecule has 2 aromatic heterocycles. The van der Waals surface area contributed by atoms with Crippen LogP contribution in [0.3, 0.4) is 0 Å². The highest BCUT2D eigenvalue weighted by Crippen LogP contribution is 2.46. The molecule has 7 heteroatoms. The largest absolute Gasteiger partial charge is 0.476 e. The molecule has 116 valence electrons. The zero-order chi connectivity index (χ0) is 15.7. The Morgan fingerprint density at radius 1 is 1.41 bits per heavy atom. The van der Waals surface area contributed by atoms with E-state index in [-0.39, 0.29) is 5.56 Å². The van der Waals surface area contributed by atoms with E-state index in [9.17, 15) is 4.79 Å². The fourth-order valence-electron chi connectivity index (χ4n) is 2.78. The van der Waals surface area contributed by atoms with Crippen molar-refractivity contribution in [1.29, 1.82) is 0 Å². The summed E-state index contributed by atoms with van der Waals surface area (Å²) in [7, 11) is 5.66. The van der Waals surface area contributed by atoms with Gasteiger partial charge in [0.15, 0.2) is 0 Å². The van der Waals surface area contributed by atoms with Crippen molar-refractivity contribution in [3.05, 3.63) is 39.9 Å². The molecule has 0 aliphatic heterocycles. The summed E-state index contributed by atoms with van der Waals surface area (Å²) >= 11 is 0. The van der Waals surface area contributed by atoms with Gasteiger partial charge in [-0.15, -0.1) is 5.10 Å². The molecule has 2 aromatic rings. The number of hydrogen-bond acceptors (Lipinski definition) is 4. The summed E-state index contributed by atoms with van der Waals surface area (Å²) < 4.78 is 9.00. The van der Waals surface area contributed by atoms with Crippen molar-refractivity contribution in [2.75, 3.05) is 6.61 Å². The van der Waals surface area contributed by atoms with Crippen LogP contribution in [0.2, 0.25) is 6.32 Å². The van der Waals surface area contributed by atoms with Crippen molar-refractivity contribution in [3.63, 3.8) is 0 Å². The van der Waals surface area contributed by atoms with Crippen LogP contribution in [0.15, 0.2) is 23.1 Å². The van der Waals surface area contributed by atoms with Gasteiger partial charge < -0.3 is 4.74 Å². The van der Waals surface area contributed by atoms with Crippen LogP contribution in [-0.4, -0.2) is 34.0 Å². The average Bonchev–Trinajstić information content (AvgIpc) is 3.14. The van der Waals surface area contributed by atoms with Crippen molar-refractivity contribution >= 4 is 7.85 Å². The van der Waals surface area contributed by atoms with Crippen molar-refractivity contribution in [1.82, 2.24) is 19.6 Å². The molecule has 1 saturated carbocycles. The minimum absolute atomic E-state index is 0.0352. The Bertz CT molecular complexity index is 725. The minimum atomic E-state index is -0.0352. The van der Waals surface area contributed by atoms with Crippen molar-refractivity contribution in [2.24, 2.45) is 20.0 Å². The molecule has 0 unspecified atom stereocenters. The summed E-state index contributed by atoms with van der Waals surface area (Å²) in [6.45, 7) is 0.623. The highest BCUT2D eigenvalue weighted by molar-refractivity contribution is 6.08. The van der Waals surface area contributed by atoms with Crippen LogP contribution in [0, 0.1) is 5.92 Å². The first kappa shape index (κ1) is 14.9. The lowest BCUT2D eigenvalue weighted by atomic mass is 9.98. The van der Waals surface area contributed by atoms with Crippen LogP contribution in [0.5, 0.6) is 5.88 Å². The zero-order valence-corrected chi connectivity index (χ0v) is 13.3. The number of ether oxygens (including phenoxy) is 1. The summed E-state index contributed by atoms with van der Waals surface area (Å²) in [5.41, 5.74) is 1.87. The first-order valence-electron chi connectivity index (χ1n) is 7.78. The molecular formula is C15H21BN4O2. The first-order chi connectivity index (χ1) is 10.6. The average molecular weight is 300 g/mol. The topological polar surface area (TPSA) is 61.9 Å². The van der Waals surface area contributed by atoms with Gasteiger partial charge in [0.2, 0.25) is 5.88 Å². The molecule has 2 heterocycles. The molecule has 22 heavy (non-hydrogen) atoms. The summed E-state index contributed by atoms with van der Waals surface area (Å²) in [5.74, 6) is 1.52. The molecule has 0 N–H and O–H groups in total. The van der Waals surface area contributed by atoms with Crippen LogP contribution < -0.4 is 10.3 Å². The lowest BCUT2D eigenvalue weighted by Gasteiger charge is -2.08. The van der Waals surface area contributed by atoms with Crippen LogP contribution in [0.1, 0.15) is 23.6 Å². The summed E-state index contributed by atoms with van der Waals surface area (Å²) in [6, 6.07) is 3.85. The Morgan fingerprint density at radius 3 is 2.91 bits per heavy atom. The first-order valence-corrected chi connectivity index (χ1v) is 7.78. The van der Waals surface area contributed by atoms with Gasteiger partial charge in [0.05, 0.1) is 12.3 Å². The number of aromatic nitrogens is 4. The standard InChI is InChI=1S/C15H21BN4O2/c1-19-6-4-13(17-19)12-7-11(12)9-22-14-8-10(3-5-16)15(21)20(2)18-14/h4,6,8,11-12H,3,5,7,9,16H2,1-2H3/t11-,12+/m1/s1. The van der Waals surface area contributed by atoms with Crippen molar-refractivity contribution in [2.45, 2.75) is 25.1 Å². The van der Waals surface area contributed by atoms with E-state index in [0.717, 1.165) is 30.4 Å². The Kier molecular flexibility index (Phi) is 4.05. The number of hydrogen-bond donors (Lipinski definition) is 0. The monoisotopic (exact) mass is 300 g/mol. The van der Waals surface area contributed by atoms with E-state index in [0.29, 0.717) is 24.3 Å². The van der Waals surface area contributed by atoms with Gasteiger partial charge in [0, 0.05) is 43.8 Å². The lowest BCUT2D eigenvalue weighted by Crippen LogP contribution is -2.24. The van der Waals surface area contributed by atoms with Gasteiger partial charge >= 0.3 is 0 Å². The maximum Gasteiger partial charge on any atom is 0.269 e. The second-order valence-corrected chi connectivity index (χ2v) is 6.01. The van der Waals surface area contributed by atoms with Gasteiger partial charge in [-0.1, -0.05) is 6.32 Å². The van der Waals surface area contributed by atoms with Crippen LogP contribution in [0.25, 0.3) is 0 Å². The van der Waals surface area contributed by atoms with E-state index in [2.05, 4.69) is 24.1 Å². The summed E-state index contributed by atoms with van der Waals surface area (Å²) in [5, 5.41) is 8.62. The maximum atomic E-state index is 11.9. The quantitative estimate of drug-likeness (QED) is 0.719. The summed E-state index contributed by atoms with van der Waals surface area (Å²) in [6.07, 6.45) is 4.76. The Balaban J connectivity index is 1.62. The van der Waals surface area contributed by atoms with Crippen LogP contribution in [-0.2, 0) is 20.5 Å². The number of nitrogens with zero attached hydrogens (tertiary/aromatic N) is 4. The highest BCUT2D eigenvalue weighted by atomic mass is 16.5. The molecule has 6 nitrogen and oxygen atoms in total. The van der Waals surface area contributed by atoms with Gasteiger partial charge in [-0.05, 0) is 18.9 Å². The highest BCUT2D eigenvalue weighted by Gasteiger charge is 2.40. The molecule has 1 aliphatic carbocycles. The predicted octanol–water partition coefficient (Wildman–Crippen LogP) is 0.290. The lowest BCUT2D eigenvalue weighted by molar-refractivity contribution is 0.277. The molecule has 0 radical (unpaired) electrons. The minimum Gasteiger partial charge on any atom is -0.476 e. The van der Waals surface area contributed by atoms with Gasteiger partial charge in [-0.25, -0.2) is 4.68 Å². The second kappa shape index (κ2) is 5.98. The maximum absolute atomic E-state index is 11.9. The Labute approximate surface area is 130 Å². The molecule has 3 rings (SSSR count). The third-order valence-electron chi connectivity index (χ3n) is 4.12. The van der Waals surface area contributed by atoms with Crippen molar-refractivity contribution in [3.8, 4) is 5.88 Å². The molecule has 0 amide bonds. The molecule has 0 aromatic carbocycles. The van der Waals surface area contributed by atoms with E-state index in [1.54, 1.807) is 13.1 Å². The van der Waals surface area contributed by atoms with E-state index in [4.69, 9.17) is 4.74 Å². The zero-order valence-electron chi connectivity index (χ0n) is 13.3. The smallest absolute Gasteiger partial charge is 0.269 e. The number of aryl methyl sites for hydroxylation is 3. The van der Waals surface area contributed by atoms with E-state index >= 15 is 0 Å². The molecule has 1 fully saturated rings. The van der Waals surface area contributed by atoms with Gasteiger partial charge in [-0.2, -0.15) is 5.10 Å². The normalized spacial score (nSPS) is 20.1. The Morgan fingerprint density at radius 2 is 2.23 bits per heavy atom.